The third-order valence-electron chi connectivity index (χ3n) is 3.79. The van der Waals surface area contributed by atoms with E-state index >= 15 is 0 Å². The molecule has 2 aromatic rings. The van der Waals surface area contributed by atoms with Crippen LogP contribution in [0.1, 0.15) is 38.6 Å². The van der Waals surface area contributed by atoms with Gasteiger partial charge in [0.15, 0.2) is 0 Å². The maximum absolute atomic E-state index is 12.3. The second-order valence-electron chi connectivity index (χ2n) is 6.19. The lowest BCUT2D eigenvalue weighted by Gasteiger charge is -2.20. The van der Waals surface area contributed by atoms with Gasteiger partial charge in [-0.05, 0) is 24.5 Å². The van der Waals surface area contributed by atoms with Crippen molar-refractivity contribution in [3.8, 4) is 0 Å². The summed E-state index contributed by atoms with van der Waals surface area (Å²) >= 11 is 0. The van der Waals surface area contributed by atoms with Gasteiger partial charge in [-0.3, -0.25) is 4.79 Å². The quantitative estimate of drug-likeness (QED) is 0.695. The fraction of sp³-hybridized carbons (Fsp3) is 0.529. The van der Waals surface area contributed by atoms with Crippen LogP contribution in [-0.4, -0.2) is 35.6 Å². The number of aromatic amines is 1. The van der Waals surface area contributed by atoms with Crippen molar-refractivity contribution < 1.29 is 9.53 Å². The Labute approximate surface area is 136 Å². The van der Waals surface area contributed by atoms with Crippen molar-refractivity contribution in [2.24, 2.45) is 11.7 Å². The zero-order valence-electron chi connectivity index (χ0n) is 14.0. The Bertz CT molecular complexity index is 601. The zero-order valence-corrected chi connectivity index (χ0v) is 14.0. The second-order valence-corrected chi connectivity index (χ2v) is 6.19. The molecule has 0 saturated heterocycles. The third kappa shape index (κ3) is 4.77. The molecule has 1 heterocycles. The number of nitrogens with zero attached hydrogens (tertiary/aromatic N) is 1. The highest BCUT2D eigenvalue weighted by atomic mass is 16.5. The number of imidazole rings is 1. The Morgan fingerprint density at radius 2 is 2.13 bits per heavy atom. The van der Waals surface area contributed by atoms with Gasteiger partial charge in [-0.1, -0.05) is 26.0 Å². The molecule has 2 unspecified atom stereocenters. The first-order valence-corrected chi connectivity index (χ1v) is 8.00. The summed E-state index contributed by atoms with van der Waals surface area (Å²) in [6.45, 7) is 4.57. The topological polar surface area (TPSA) is 93.0 Å². The van der Waals surface area contributed by atoms with Gasteiger partial charge in [-0.15, -0.1) is 0 Å². The van der Waals surface area contributed by atoms with Crippen LogP contribution in [0.2, 0.25) is 0 Å². The smallest absolute Gasteiger partial charge is 0.223 e. The molecule has 0 aliphatic heterocycles. The van der Waals surface area contributed by atoms with Gasteiger partial charge in [0.05, 0.1) is 29.6 Å². The number of nitrogens with two attached hydrogens (primary N) is 1. The Morgan fingerprint density at radius 3 is 2.74 bits per heavy atom. The van der Waals surface area contributed by atoms with E-state index in [1.807, 2.05) is 24.3 Å². The number of aromatic nitrogens is 2. The number of rotatable bonds is 8. The minimum Gasteiger partial charge on any atom is -0.380 e. The normalized spacial score (nSPS) is 14.1. The maximum Gasteiger partial charge on any atom is 0.223 e. The van der Waals surface area contributed by atoms with Crippen LogP contribution in [0, 0.1) is 5.92 Å². The number of fused-ring (bicyclic) bond motifs is 1. The molecule has 6 nitrogen and oxygen atoms in total. The molecule has 0 aliphatic rings. The Morgan fingerprint density at radius 1 is 1.39 bits per heavy atom. The second kappa shape index (κ2) is 8.08. The van der Waals surface area contributed by atoms with E-state index in [1.54, 1.807) is 7.11 Å². The van der Waals surface area contributed by atoms with Crippen LogP contribution in [0.25, 0.3) is 11.0 Å². The number of amides is 1. The van der Waals surface area contributed by atoms with E-state index in [-0.39, 0.29) is 24.5 Å². The molecule has 4 N–H and O–H groups in total. The van der Waals surface area contributed by atoms with Gasteiger partial charge in [-0.2, -0.15) is 0 Å². The molecule has 23 heavy (non-hydrogen) atoms. The van der Waals surface area contributed by atoms with Crippen LogP contribution in [0.3, 0.4) is 0 Å². The third-order valence-corrected chi connectivity index (χ3v) is 3.79. The fourth-order valence-corrected chi connectivity index (χ4v) is 2.57. The number of carbonyl (C=O) groups is 1. The molecule has 1 aromatic carbocycles. The predicted octanol–water partition coefficient (Wildman–Crippen LogP) is 2.13. The summed E-state index contributed by atoms with van der Waals surface area (Å²) in [5.74, 6) is 1.14. The molecule has 6 heteroatoms. The summed E-state index contributed by atoms with van der Waals surface area (Å²) in [6, 6.07) is 7.71. The number of hydrogen-bond donors (Lipinski definition) is 3. The molecule has 0 radical (unpaired) electrons. The molecule has 1 amide bonds. The monoisotopic (exact) mass is 318 g/mol. The number of para-hydroxylation sites is 2. The predicted molar refractivity (Wildman–Crippen MR) is 90.9 cm³/mol. The van der Waals surface area contributed by atoms with Gasteiger partial charge < -0.3 is 20.8 Å². The molecular weight excluding hydrogens is 292 g/mol. The minimum atomic E-state index is -0.259. The van der Waals surface area contributed by atoms with E-state index in [4.69, 9.17) is 10.5 Å². The maximum atomic E-state index is 12.3. The Kier molecular flexibility index (Phi) is 6.12. The molecule has 0 bridgehead atoms. The van der Waals surface area contributed by atoms with Crippen molar-refractivity contribution in [2.75, 3.05) is 13.7 Å². The lowest BCUT2D eigenvalue weighted by atomic mass is 10.0. The lowest BCUT2D eigenvalue weighted by molar-refractivity contribution is -0.124. The van der Waals surface area contributed by atoms with Gasteiger partial charge in [-0.25, -0.2) is 4.98 Å². The minimum absolute atomic E-state index is 0.0755. The van der Waals surface area contributed by atoms with Crippen LogP contribution in [0.15, 0.2) is 24.3 Å². The highest BCUT2D eigenvalue weighted by molar-refractivity contribution is 5.78. The van der Waals surface area contributed by atoms with Gasteiger partial charge in [0, 0.05) is 13.7 Å². The Balaban J connectivity index is 2.14. The van der Waals surface area contributed by atoms with E-state index in [0.29, 0.717) is 12.5 Å². The molecule has 0 saturated carbocycles. The number of methoxy groups -OCH3 is 1. The molecular formula is C17H26N4O2. The largest absolute Gasteiger partial charge is 0.380 e. The van der Waals surface area contributed by atoms with Crippen LogP contribution in [0.4, 0.5) is 0 Å². The van der Waals surface area contributed by atoms with Gasteiger partial charge in [0.1, 0.15) is 5.82 Å². The first kappa shape index (κ1) is 17.4. The van der Waals surface area contributed by atoms with E-state index in [2.05, 4.69) is 29.1 Å². The van der Waals surface area contributed by atoms with Gasteiger partial charge in [0.25, 0.3) is 0 Å². The molecule has 0 aliphatic carbocycles. The molecule has 0 fully saturated rings. The summed E-state index contributed by atoms with van der Waals surface area (Å²) < 4.78 is 5.18. The number of benzene rings is 1. The van der Waals surface area contributed by atoms with Crippen LogP contribution in [-0.2, 0) is 9.53 Å². The van der Waals surface area contributed by atoms with Crippen LogP contribution in [0.5, 0.6) is 0 Å². The highest BCUT2D eigenvalue weighted by Crippen LogP contribution is 2.22. The molecule has 2 rings (SSSR count). The summed E-state index contributed by atoms with van der Waals surface area (Å²) in [7, 11) is 1.57. The van der Waals surface area contributed by atoms with Crippen molar-refractivity contribution in [1.82, 2.24) is 15.3 Å². The molecule has 0 spiro atoms. The van der Waals surface area contributed by atoms with Crippen molar-refractivity contribution in [3.63, 3.8) is 0 Å². The average molecular weight is 318 g/mol. The summed E-state index contributed by atoms with van der Waals surface area (Å²) in [5, 5.41) is 3.06. The first-order valence-electron chi connectivity index (χ1n) is 8.00. The number of H-pyrrole nitrogens is 1. The van der Waals surface area contributed by atoms with Crippen molar-refractivity contribution in [2.45, 2.75) is 38.8 Å². The fourth-order valence-electron chi connectivity index (χ4n) is 2.57. The summed E-state index contributed by atoms with van der Waals surface area (Å²) in [5.41, 5.74) is 7.46. The highest BCUT2D eigenvalue weighted by Gasteiger charge is 2.21. The van der Waals surface area contributed by atoms with Crippen molar-refractivity contribution in [1.29, 1.82) is 0 Å². The van der Waals surface area contributed by atoms with E-state index in [0.717, 1.165) is 23.3 Å². The van der Waals surface area contributed by atoms with E-state index in [9.17, 15) is 4.79 Å². The van der Waals surface area contributed by atoms with Crippen molar-refractivity contribution >= 4 is 16.9 Å². The lowest BCUT2D eigenvalue weighted by Crippen LogP contribution is -2.35. The number of hydrogen-bond acceptors (Lipinski definition) is 4. The first-order chi connectivity index (χ1) is 11.0. The SMILES string of the molecule is COC(CN)CC(=O)NC(CC(C)C)c1nc2ccccc2[nH]1. The van der Waals surface area contributed by atoms with Crippen molar-refractivity contribution in [3.05, 3.63) is 30.1 Å². The molecule has 126 valence electrons. The molecule has 2 atom stereocenters. The number of ether oxygens (including phenoxy) is 1. The standard InChI is InChI=1S/C17H26N4O2/c1-11(2)8-15(19-16(22)9-12(10-18)23-3)17-20-13-6-4-5-7-14(13)21-17/h4-7,11-12,15H,8-10,18H2,1-3H3,(H,19,22)(H,20,21). The van der Waals surface area contributed by atoms with Crippen LogP contribution >= 0.6 is 0 Å². The Hall–Kier alpha value is -1.92. The van der Waals surface area contributed by atoms with E-state index < -0.39 is 0 Å². The average Bonchev–Trinajstić information content (AvgIpc) is 2.95. The number of carbonyl (C=O) groups excluding carboxylic acids is 1. The summed E-state index contributed by atoms with van der Waals surface area (Å²) in [6.07, 6.45) is 0.804. The zero-order chi connectivity index (χ0) is 16.8. The van der Waals surface area contributed by atoms with Gasteiger partial charge >= 0.3 is 0 Å². The molecule has 1 aromatic heterocycles. The van der Waals surface area contributed by atoms with Crippen LogP contribution < -0.4 is 11.1 Å². The summed E-state index contributed by atoms with van der Waals surface area (Å²) in [4.78, 5) is 20.2. The van der Waals surface area contributed by atoms with E-state index in [1.165, 1.54) is 0 Å². The van der Waals surface area contributed by atoms with Gasteiger partial charge in [0.2, 0.25) is 5.91 Å². The number of nitrogens with one attached hydrogen (secondary N) is 2.